The predicted molar refractivity (Wildman–Crippen MR) is 102 cm³/mol. The molecule has 0 radical (unpaired) electrons. The highest BCUT2D eigenvalue weighted by Crippen LogP contribution is 2.30. The summed E-state index contributed by atoms with van der Waals surface area (Å²) in [6, 6.07) is 7.74. The zero-order valence-corrected chi connectivity index (χ0v) is 14.1. The van der Waals surface area contributed by atoms with Gasteiger partial charge in [-0.15, -0.1) is 0 Å². The van der Waals surface area contributed by atoms with Crippen LogP contribution >= 0.6 is 0 Å². The standard InChI is InChI=1S/C18H21N7/c1-20-15-8-13(5-4-12(15)9-19)23-18-24-16-14(6-7-21-16)17(25-18)22-10-11-2-3-11/h4-9,11,19-20H,2-3,10H2,1H3,(H3,21,22,23,24,25). The summed E-state index contributed by atoms with van der Waals surface area (Å²) in [5.41, 5.74) is 3.39. The highest BCUT2D eigenvalue weighted by Gasteiger charge is 2.21. The molecule has 0 atom stereocenters. The minimum Gasteiger partial charge on any atom is -0.388 e. The number of hydrogen-bond acceptors (Lipinski definition) is 6. The zero-order chi connectivity index (χ0) is 17.2. The van der Waals surface area contributed by atoms with E-state index in [1.807, 2.05) is 37.5 Å². The fourth-order valence-electron chi connectivity index (χ4n) is 2.80. The lowest BCUT2D eigenvalue weighted by atomic mass is 10.1. The molecular formula is C18H21N7. The number of H-pyrrole nitrogens is 1. The van der Waals surface area contributed by atoms with E-state index >= 15 is 0 Å². The summed E-state index contributed by atoms with van der Waals surface area (Å²) in [5.74, 6) is 2.16. The number of rotatable bonds is 7. The van der Waals surface area contributed by atoms with E-state index in [2.05, 4.69) is 30.9 Å². The maximum atomic E-state index is 7.44. The van der Waals surface area contributed by atoms with E-state index in [1.54, 1.807) is 0 Å². The minimum atomic E-state index is 0.540. The van der Waals surface area contributed by atoms with Gasteiger partial charge < -0.3 is 26.3 Å². The van der Waals surface area contributed by atoms with E-state index in [4.69, 9.17) is 5.41 Å². The van der Waals surface area contributed by atoms with Crippen LogP contribution < -0.4 is 16.0 Å². The number of anilines is 4. The van der Waals surface area contributed by atoms with E-state index in [-0.39, 0.29) is 0 Å². The third kappa shape index (κ3) is 3.26. The minimum absolute atomic E-state index is 0.540. The zero-order valence-electron chi connectivity index (χ0n) is 14.1. The van der Waals surface area contributed by atoms with Crippen molar-refractivity contribution in [3.8, 4) is 0 Å². The Balaban J connectivity index is 1.63. The van der Waals surface area contributed by atoms with Crippen LogP contribution in [0.25, 0.3) is 11.0 Å². The Morgan fingerprint density at radius 3 is 2.92 bits per heavy atom. The molecule has 7 nitrogen and oxygen atoms in total. The van der Waals surface area contributed by atoms with Crippen LogP contribution in [0.5, 0.6) is 0 Å². The Morgan fingerprint density at radius 2 is 2.16 bits per heavy atom. The van der Waals surface area contributed by atoms with Gasteiger partial charge in [0.05, 0.1) is 5.39 Å². The van der Waals surface area contributed by atoms with E-state index in [9.17, 15) is 0 Å². The molecule has 0 saturated heterocycles. The number of hydrogen-bond donors (Lipinski definition) is 5. The molecule has 2 aromatic heterocycles. The summed E-state index contributed by atoms with van der Waals surface area (Å²) in [5, 5.41) is 18.3. The fourth-order valence-corrected chi connectivity index (χ4v) is 2.80. The topological polar surface area (TPSA) is 102 Å². The average Bonchev–Trinajstić information content (AvgIpc) is 3.35. The van der Waals surface area contributed by atoms with Crippen LogP contribution in [0.2, 0.25) is 0 Å². The molecule has 128 valence electrons. The molecule has 5 N–H and O–H groups in total. The van der Waals surface area contributed by atoms with Crippen LogP contribution in [0, 0.1) is 11.3 Å². The van der Waals surface area contributed by atoms with E-state index in [1.165, 1.54) is 19.1 Å². The van der Waals surface area contributed by atoms with Gasteiger partial charge in [0.15, 0.2) is 0 Å². The highest BCUT2D eigenvalue weighted by molar-refractivity contribution is 5.89. The van der Waals surface area contributed by atoms with Gasteiger partial charge in [-0.05, 0) is 43.0 Å². The number of nitrogens with zero attached hydrogens (tertiary/aromatic N) is 2. The maximum absolute atomic E-state index is 7.44. The van der Waals surface area contributed by atoms with Crippen LogP contribution in [0.4, 0.5) is 23.1 Å². The van der Waals surface area contributed by atoms with Crippen molar-refractivity contribution >= 4 is 40.4 Å². The Hall–Kier alpha value is -3.09. The molecule has 0 aliphatic heterocycles. The lowest BCUT2D eigenvalue weighted by molar-refractivity contribution is 0.884. The second-order valence-electron chi connectivity index (χ2n) is 6.28. The first-order valence-electron chi connectivity index (χ1n) is 8.45. The van der Waals surface area contributed by atoms with Crippen LogP contribution in [0.3, 0.4) is 0 Å². The van der Waals surface area contributed by atoms with Crippen molar-refractivity contribution in [3.05, 3.63) is 36.0 Å². The molecule has 1 aliphatic rings. The van der Waals surface area contributed by atoms with Gasteiger partial charge in [0.1, 0.15) is 11.5 Å². The SMILES string of the molecule is CNc1cc(Nc2nc(NCC3CC3)c3cc[nH]c3n2)ccc1C=N. The van der Waals surface area contributed by atoms with Gasteiger partial charge in [0.2, 0.25) is 5.95 Å². The number of aromatic amines is 1. The number of aromatic nitrogens is 3. The predicted octanol–water partition coefficient (Wildman–Crippen LogP) is 3.56. The molecule has 1 aromatic carbocycles. The van der Waals surface area contributed by atoms with Gasteiger partial charge in [-0.25, -0.2) is 0 Å². The van der Waals surface area contributed by atoms with Gasteiger partial charge in [-0.2, -0.15) is 9.97 Å². The number of fused-ring (bicyclic) bond motifs is 1. The summed E-state index contributed by atoms with van der Waals surface area (Å²) in [6.07, 6.45) is 5.80. The smallest absolute Gasteiger partial charge is 0.231 e. The van der Waals surface area contributed by atoms with Crippen molar-refractivity contribution in [2.45, 2.75) is 12.8 Å². The lowest BCUT2D eigenvalue weighted by Crippen LogP contribution is -2.08. The number of nitrogens with one attached hydrogen (secondary N) is 5. The molecule has 0 unspecified atom stereocenters. The summed E-state index contributed by atoms with van der Waals surface area (Å²) >= 11 is 0. The fraction of sp³-hybridized carbons (Fsp3) is 0.278. The van der Waals surface area contributed by atoms with Gasteiger partial charge in [0.25, 0.3) is 0 Å². The van der Waals surface area contributed by atoms with Crippen LogP contribution in [-0.4, -0.2) is 34.8 Å². The maximum Gasteiger partial charge on any atom is 0.231 e. The molecule has 25 heavy (non-hydrogen) atoms. The van der Waals surface area contributed by atoms with Gasteiger partial charge in [-0.1, -0.05) is 0 Å². The summed E-state index contributed by atoms with van der Waals surface area (Å²) in [7, 11) is 1.84. The second kappa shape index (κ2) is 6.43. The van der Waals surface area contributed by atoms with E-state index in [0.29, 0.717) is 5.95 Å². The van der Waals surface area contributed by atoms with Crippen molar-refractivity contribution in [1.29, 1.82) is 5.41 Å². The largest absolute Gasteiger partial charge is 0.388 e. The van der Waals surface area contributed by atoms with Gasteiger partial charge in [-0.3, -0.25) is 0 Å². The summed E-state index contributed by atoms with van der Waals surface area (Å²) in [6.45, 7) is 0.953. The van der Waals surface area contributed by atoms with Crippen molar-refractivity contribution < 1.29 is 0 Å². The normalized spacial score (nSPS) is 13.6. The number of benzene rings is 1. The van der Waals surface area contributed by atoms with E-state index in [0.717, 1.165) is 46.3 Å². The molecule has 3 aromatic rings. The monoisotopic (exact) mass is 335 g/mol. The molecule has 2 heterocycles. The first kappa shape index (κ1) is 15.4. The highest BCUT2D eigenvalue weighted by atomic mass is 15.2. The first-order chi connectivity index (χ1) is 12.3. The van der Waals surface area contributed by atoms with Crippen LogP contribution in [0.1, 0.15) is 18.4 Å². The third-order valence-corrected chi connectivity index (χ3v) is 4.41. The van der Waals surface area contributed by atoms with E-state index < -0.39 is 0 Å². The van der Waals surface area contributed by atoms with Crippen molar-refractivity contribution in [2.24, 2.45) is 5.92 Å². The summed E-state index contributed by atoms with van der Waals surface area (Å²) < 4.78 is 0. The Bertz CT molecular complexity index is 911. The molecule has 0 spiro atoms. The molecule has 0 bridgehead atoms. The van der Waals surface area contributed by atoms with Crippen LogP contribution in [0.15, 0.2) is 30.5 Å². The molecule has 4 rings (SSSR count). The molecule has 7 heteroatoms. The van der Waals surface area contributed by atoms with Gasteiger partial charge in [0, 0.05) is 42.9 Å². The lowest BCUT2D eigenvalue weighted by Gasteiger charge is -2.12. The molecule has 1 saturated carbocycles. The van der Waals surface area contributed by atoms with Crippen LogP contribution in [-0.2, 0) is 0 Å². The second-order valence-corrected chi connectivity index (χ2v) is 6.28. The molecule has 1 aliphatic carbocycles. The quantitative estimate of drug-likeness (QED) is 0.425. The first-order valence-corrected chi connectivity index (χ1v) is 8.45. The Labute approximate surface area is 145 Å². The summed E-state index contributed by atoms with van der Waals surface area (Å²) in [4.78, 5) is 12.4. The van der Waals surface area contributed by atoms with Crippen molar-refractivity contribution in [2.75, 3.05) is 29.5 Å². The average molecular weight is 335 g/mol. The van der Waals surface area contributed by atoms with Crippen molar-refractivity contribution in [3.63, 3.8) is 0 Å². The van der Waals surface area contributed by atoms with Crippen molar-refractivity contribution in [1.82, 2.24) is 15.0 Å². The third-order valence-electron chi connectivity index (χ3n) is 4.41. The Kier molecular flexibility index (Phi) is 3.97. The van der Waals surface area contributed by atoms with Gasteiger partial charge >= 0.3 is 0 Å². The molecular weight excluding hydrogens is 314 g/mol. The molecule has 1 fully saturated rings. The Morgan fingerprint density at radius 1 is 1.28 bits per heavy atom. The molecule has 0 amide bonds.